The van der Waals surface area contributed by atoms with Crippen LogP contribution in [-0.2, 0) is 6.18 Å². The van der Waals surface area contributed by atoms with Gasteiger partial charge >= 0.3 is 6.18 Å². The minimum absolute atomic E-state index is 0.0127. The first-order valence-electron chi connectivity index (χ1n) is 6.08. The number of hydrogen-bond donors (Lipinski definition) is 0. The van der Waals surface area contributed by atoms with E-state index in [4.69, 9.17) is 0 Å². The third kappa shape index (κ3) is 4.04. The molecule has 0 saturated carbocycles. The van der Waals surface area contributed by atoms with Gasteiger partial charge in [0.1, 0.15) is 0 Å². The Morgan fingerprint density at radius 3 is 2.37 bits per heavy atom. The second-order valence-electron chi connectivity index (χ2n) is 5.81. The van der Waals surface area contributed by atoms with E-state index in [1.54, 1.807) is 0 Å². The van der Waals surface area contributed by atoms with Crippen molar-refractivity contribution in [2.45, 2.75) is 40.3 Å². The molecule has 1 rings (SSSR count). The topological polar surface area (TPSA) is 30.0 Å². The van der Waals surface area contributed by atoms with Crippen LogP contribution in [0.15, 0.2) is 18.5 Å². The monoisotopic (exact) mass is 273 g/mol. The Hall–Kier alpha value is -1.39. The second-order valence-corrected chi connectivity index (χ2v) is 5.81. The molecule has 0 radical (unpaired) electrons. The highest BCUT2D eigenvalue weighted by Gasteiger charge is 2.35. The molecule has 19 heavy (non-hydrogen) atoms. The van der Waals surface area contributed by atoms with Crippen LogP contribution in [0.25, 0.3) is 0 Å². The molecule has 0 aliphatic heterocycles. The fourth-order valence-corrected chi connectivity index (χ4v) is 1.56. The molecule has 0 saturated heterocycles. The van der Waals surface area contributed by atoms with Crippen molar-refractivity contribution in [3.05, 3.63) is 29.6 Å². The van der Waals surface area contributed by atoms with Gasteiger partial charge in [-0.3, -0.25) is 9.78 Å². The number of rotatable bonds is 3. The van der Waals surface area contributed by atoms with Crippen LogP contribution in [-0.4, -0.2) is 10.8 Å². The summed E-state index contributed by atoms with van der Waals surface area (Å²) < 4.78 is 38.4. The average Bonchev–Trinajstić information content (AvgIpc) is 2.26. The summed E-state index contributed by atoms with van der Waals surface area (Å²) in [6.07, 6.45) is -2.40. The Kier molecular flexibility index (Phi) is 4.38. The van der Waals surface area contributed by atoms with E-state index in [9.17, 15) is 18.0 Å². The molecule has 106 valence electrons. The molecule has 0 aliphatic carbocycles. The second kappa shape index (κ2) is 5.31. The van der Waals surface area contributed by atoms with Gasteiger partial charge in [-0.15, -0.1) is 0 Å². The number of halogens is 3. The molecule has 0 spiro atoms. The van der Waals surface area contributed by atoms with Crippen molar-refractivity contribution in [1.82, 2.24) is 4.98 Å². The van der Waals surface area contributed by atoms with Crippen molar-refractivity contribution in [3.8, 4) is 0 Å². The molecule has 1 unspecified atom stereocenters. The highest BCUT2D eigenvalue weighted by molar-refractivity contribution is 5.97. The SMILES string of the molecule is CC(CC(=O)c1cnccc1C(F)(F)F)C(C)(C)C. The van der Waals surface area contributed by atoms with Crippen molar-refractivity contribution < 1.29 is 18.0 Å². The molecular weight excluding hydrogens is 255 g/mol. The average molecular weight is 273 g/mol. The summed E-state index contributed by atoms with van der Waals surface area (Å²) in [5.41, 5.74) is -1.38. The van der Waals surface area contributed by atoms with Crippen molar-refractivity contribution in [1.29, 1.82) is 0 Å². The minimum Gasteiger partial charge on any atom is -0.294 e. The van der Waals surface area contributed by atoms with Crippen molar-refractivity contribution >= 4 is 5.78 Å². The van der Waals surface area contributed by atoms with Gasteiger partial charge in [-0.25, -0.2) is 0 Å². The molecule has 5 heteroatoms. The fraction of sp³-hybridized carbons (Fsp3) is 0.571. The quantitative estimate of drug-likeness (QED) is 0.766. The first-order chi connectivity index (χ1) is 8.53. The number of Topliss-reactive ketones (excluding diaryl/α,β-unsaturated/α-hetero) is 1. The van der Waals surface area contributed by atoms with Crippen LogP contribution in [0.3, 0.4) is 0 Å². The standard InChI is InChI=1S/C14H18F3NO/c1-9(13(2,3)4)7-12(19)10-8-18-6-5-11(10)14(15,16)17/h5-6,8-9H,7H2,1-4H3. The van der Waals surface area contributed by atoms with Gasteiger partial charge in [0, 0.05) is 24.4 Å². The molecule has 0 amide bonds. The number of carbonyl (C=O) groups is 1. The lowest BCUT2D eigenvalue weighted by Gasteiger charge is -2.26. The predicted octanol–water partition coefficient (Wildman–Crippen LogP) is 4.36. The summed E-state index contributed by atoms with van der Waals surface area (Å²) in [7, 11) is 0. The predicted molar refractivity (Wildman–Crippen MR) is 66.8 cm³/mol. The number of nitrogens with zero attached hydrogens (tertiary/aromatic N) is 1. The van der Waals surface area contributed by atoms with Crippen molar-refractivity contribution in [2.24, 2.45) is 11.3 Å². The number of pyridine rings is 1. The van der Waals surface area contributed by atoms with Crippen LogP contribution < -0.4 is 0 Å². The minimum atomic E-state index is -4.53. The molecule has 0 N–H and O–H groups in total. The number of alkyl halides is 3. The Bertz CT molecular complexity index is 460. The van der Waals surface area contributed by atoms with Gasteiger partial charge in [0.25, 0.3) is 0 Å². The fourth-order valence-electron chi connectivity index (χ4n) is 1.56. The Morgan fingerprint density at radius 1 is 1.32 bits per heavy atom. The molecule has 0 bridgehead atoms. The largest absolute Gasteiger partial charge is 0.417 e. The molecule has 1 atom stereocenters. The van der Waals surface area contributed by atoms with E-state index >= 15 is 0 Å². The van der Waals surface area contributed by atoms with E-state index in [-0.39, 0.29) is 23.3 Å². The van der Waals surface area contributed by atoms with Gasteiger partial charge in [-0.1, -0.05) is 27.7 Å². The maximum absolute atomic E-state index is 12.8. The molecule has 0 aliphatic rings. The lowest BCUT2D eigenvalue weighted by molar-refractivity contribution is -0.138. The summed E-state index contributed by atoms with van der Waals surface area (Å²) in [5.74, 6) is -0.524. The number of hydrogen-bond acceptors (Lipinski definition) is 2. The Morgan fingerprint density at radius 2 is 1.89 bits per heavy atom. The number of carbonyl (C=O) groups excluding carboxylic acids is 1. The van der Waals surface area contributed by atoms with Crippen LogP contribution in [0, 0.1) is 11.3 Å². The summed E-state index contributed by atoms with van der Waals surface area (Å²) in [6.45, 7) is 7.73. The maximum atomic E-state index is 12.8. The van der Waals surface area contributed by atoms with E-state index in [0.717, 1.165) is 18.5 Å². The normalized spacial score (nSPS) is 14.3. The summed E-state index contributed by atoms with van der Waals surface area (Å²) in [6, 6.07) is 0.842. The van der Waals surface area contributed by atoms with E-state index in [2.05, 4.69) is 4.98 Å². The lowest BCUT2D eigenvalue weighted by Crippen LogP contribution is -2.22. The van der Waals surface area contributed by atoms with E-state index in [0.29, 0.717) is 0 Å². The Balaban J connectivity index is 3.02. The van der Waals surface area contributed by atoms with Crippen LogP contribution in [0.1, 0.15) is 50.0 Å². The molecule has 1 aromatic heterocycles. The molecule has 1 aromatic rings. The molecule has 0 fully saturated rings. The van der Waals surface area contributed by atoms with Gasteiger partial charge < -0.3 is 0 Å². The summed E-state index contributed by atoms with van der Waals surface area (Å²) >= 11 is 0. The number of ketones is 1. The molecular formula is C14H18F3NO. The summed E-state index contributed by atoms with van der Waals surface area (Å²) in [5, 5.41) is 0. The van der Waals surface area contributed by atoms with Crippen LogP contribution >= 0.6 is 0 Å². The first-order valence-corrected chi connectivity index (χ1v) is 6.08. The Labute approximate surface area is 111 Å². The maximum Gasteiger partial charge on any atom is 0.417 e. The molecule has 2 nitrogen and oxygen atoms in total. The molecule has 1 heterocycles. The van der Waals surface area contributed by atoms with Crippen LogP contribution in [0.5, 0.6) is 0 Å². The first kappa shape index (κ1) is 15.7. The zero-order chi connectivity index (χ0) is 14.8. The summed E-state index contributed by atoms with van der Waals surface area (Å²) in [4.78, 5) is 15.7. The zero-order valence-electron chi connectivity index (χ0n) is 11.5. The van der Waals surface area contributed by atoms with Gasteiger partial charge in [-0.05, 0) is 17.4 Å². The van der Waals surface area contributed by atoms with Crippen LogP contribution in [0.4, 0.5) is 13.2 Å². The van der Waals surface area contributed by atoms with Crippen molar-refractivity contribution in [3.63, 3.8) is 0 Å². The van der Waals surface area contributed by atoms with Gasteiger partial charge in [-0.2, -0.15) is 13.2 Å². The molecule has 0 aromatic carbocycles. The van der Waals surface area contributed by atoms with Crippen molar-refractivity contribution in [2.75, 3.05) is 0 Å². The highest BCUT2D eigenvalue weighted by atomic mass is 19.4. The highest BCUT2D eigenvalue weighted by Crippen LogP contribution is 2.34. The number of aromatic nitrogens is 1. The third-order valence-electron chi connectivity index (χ3n) is 3.40. The smallest absolute Gasteiger partial charge is 0.294 e. The lowest BCUT2D eigenvalue weighted by atomic mass is 9.78. The third-order valence-corrected chi connectivity index (χ3v) is 3.40. The van der Waals surface area contributed by atoms with Crippen LogP contribution in [0.2, 0.25) is 0 Å². The van der Waals surface area contributed by atoms with Gasteiger partial charge in [0.15, 0.2) is 5.78 Å². The van der Waals surface area contributed by atoms with E-state index in [1.807, 2.05) is 27.7 Å². The van der Waals surface area contributed by atoms with E-state index < -0.39 is 17.5 Å². The van der Waals surface area contributed by atoms with Gasteiger partial charge in [0.05, 0.1) is 5.56 Å². The van der Waals surface area contributed by atoms with Gasteiger partial charge in [0.2, 0.25) is 0 Å². The zero-order valence-corrected chi connectivity index (χ0v) is 11.5. The van der Waals surface area contributed by atoms with E-state index in [1.165, 1.54) is 0 Å².